The van der Waals surface area contributed by atoms with Crippen LogP contribution in [0.15, 0.2) is 0 Å². The molecular weight excluding hydrogens is 292 g/mol. The number of ether oxygens (including phenoxy) is 1. The molecule has 130 valence electrons. The predicted molar refractivity (Wildman–Crippen MR) is 80.1 cm³/mol. The van der Waals surface area contributed by atoms with Crippen LogP contribution in [0.5, 0.6) is 0 Å². The first-order chi connectivity index (χ1) is 10.6. The van der Waals surface area contributed by atoms with Crippen LogP contribution >= 0.6 is 0 Å². The molecule has 0 spiro atoms. The Balaban J connectivity index is 3.37. The molecule has 0 fully saturated rings. The van der Waals surface area contributed by atoms with Crippen molar-refractivity contribution in [2.24, 2.45) is 0 Å². The summed E-state index contributed by atoms with van der Waals surface area (Å²) in [6.07, 6.45) is 1.35. The van der Waals surface area contributed by atoms with Crippen molar-refractivity contribution in [1.29, 1.82) is 0 Å². The first-order valence-corrected chi connectivity index (χ1v) is 7.61. The van der Waals surface area contributed by atoms with Crippen LogP contribution in [0.1, 0.15) is 32.1 Å². The normalized spacial score (nSPS) is 12.0. The van der Waals surface area contributed by atoms with Crippen molar-refractivity contribution < 1.29 is 29.6 Å². The number of rotatable bonds is 14. The third kappa shape index (κ3) is 13.7. The third-order valence-corrected chi connectivity index (χ3v) is 2.77. The number of amides is 2. The quantitative estimate of drug-likeness (QED) is 0.249. The van der Waals surface area contributed by atoms with Crippen LogP contribution in [0.3, 0.4) is 0 Å². The molecule has 8 heteroatoms. The number of hydrogen-bond acceptors (Lipinski definition) is 6. The second-order valence-corrected chi connectivity index (χ2v) is 4.90. The molecular formula is C14H28N2O6. The molecule has 0 saturated carbocycles. The fourth-order valence-electron chi connectivity index (χ4n) is 1.57. The molecule has 0 aliphatic heterocycles. The molecule has 0 rings (SSSR count). The van der Waals surface area contributed by atoms with Gasteiger partial charge in [-0.1, -0.05) is 0 Å². The lowest BCUT2D eigenvalue weighted by Crippen LogP contribution is -2.27. The van der Waals surface area contributed by atoms with E-state index in [-0.39, 0.29) is 38.1 Å². The number of aliphatic hydroxyl groups is 3. The van der Waals surface area contributed by atoms with Crippen molar-refractivity contribution in [3.8, 4) is 0 Å². The van der Waals surface area contributed by atoms with Gasteiger partial charge < -0.3 is 30.7 Å². The molecule has 5 N–H and O–H groups in total. The van der Waals surface area contributed by atoms with E-state index < -0.39 is 6.10 Å². The molecule has 0 aliphatic rings. The number of aliphatic hydroxyl groups excluding tert-OH is 3. The molecule has 0 radical (unpaired) electrons. The number of hydrogen-bond donors (Lipinski definition) is 5. The van der Waals surface area contributed by atoms with E-state index in [1.54, 1.807) is 0 Å². The molecule has 0 aromatic rings. The van der Waals surface area contributed by atoms with Crippen LogP contribution < -0.4 is 10.6 Å². The highest BCUT2D eigenvalue weighted by Crippen LogP contribution is 1.96. The SMILES string of the molecule is O=C(CCCC(=O)NCCCOCC(O)CO)NCCCO. The van der Waals surface area contributed by atoms with E-state index in [9.17, 15) is 9.59 Å². The summed E-state index contributed by atoms with van der Waals surface area (Å²) in [6.45, 7) is 1.11. The fraction of sp³-hybridized carbons (Fsp3) is 0.857. The average Bonchev–Trinajstić information content (AvgIpc) is 2.50. The summed E-state index contributed by atoms with van der Waals surface area (Å²) in [6, 6.07) is 0. The monoisotopic (exact) mass is 320 g/mol. The maximum atomic E-state index is 11.5. The van der Waals surface area contributed by atoms with Crippen LogP contribution in [0.2, 0.25) is 0 Å². The number of nitrogens with one attached hydrogen (secondary N) is 2. The molecule has 0 bridgehead atoms. The summed E-state index contributed by atoms with van der Waals surface area (Å²) in [5, 5.41) is 31.5. The van der Waals surface area contributed by atoms with Crippen molar-refractivity contribution in [3.63, 3.8) is 0 Å². The van der Waals surface area contributed by atoms with Gasteiger partial charge in [0.1, 0.15) is 6.10 Å². The molecule has 1 atom stereocenters. The molecule has 0 aromatic heterocycles. The average molecular weight is 320 g/mol. The van der Waals surface area contributed by atoms with E-state index in [0.717, 1.165) is 0 Å². The summed E-state index contributed by atoms with van der Waals surface area (Å²) in [5.41, 5.74) is 0. The second kappa shape index (κ2) is 14.7. The predicted octanol–water partition coefficient (Wildman–Crippen LogP) is -1.47. The molecule has 2 amide bonds. The van der Waals surface area contributed by atoms with Gasteiger partial charge >= 0.3 is 0 Å². The van der Waals surface area contributed by atoms with Crippen LogP contribution in [0.4, 0.5) is 0 Å². The Morgan fingerprint density at radius 2 is 1.55 bits per heavy atom. The van der Waals surface area contributed by atoms with Crippen molar-refractivity contribution in [2.75, 3.05) is 39.5 Å². The van der Waals surface area contributed by atoms with Gasteiger partial charge in [0.2, 0.25) is 11.8 Å². The summed E-state index contributed by atoms with van der Waals surface area (Å²) in [5.74, 6) is -0.226. The maximum Gasteiger partial charge on any atom is 0.220 e. The molecule has 8 nitrogen and oxygen atoms in total. The molecule has 0 saturated heterocycles. The van der Waals surface area contributed by atoms with Crippen molar-refractivity contribution in [1.82, 2.24) is 10.6 Å². The first-order valence-electron chi connectivity index (χ1n) is 7.61. The molecule has 0 heterocycles. The standard InChI is InChI=1S/C14H28N2O6/c17-8-2-6-15-13(20)4-1-5-14(21)16-7-3-9-22-11-12(19)10-18/h12,17-19H,1-11H2,(H,15,20)(H,16,21). The maximum absolute atomic E-state index is 11.5. The highest BCUT2D eigenvalue weighted by atomic mass is 16.5. The first kappa shape index (κ1) is 20.8. The minimum atomic E-state index is -0.863. The highest BCUT2D eigenvalue weighted by Gasteiger charge is 2.05. The largest absolute Gasteiger partial charge is 0.396 e. The van der Waals surface area contributed by atoms with E-state index in [1.165, 1.54) is 0 Å². The van der Waals surface area contributed by atoms with E-state index in [0.29, 0.717) is 45.4 Å². The smallest absolute Gasteiger partial charge is 0.220 e. The Bertz CT molecular complexity index is 301. The zero-order valence-corrected chi connectivity index (χ0v) is 12.9. The van der Waals surface area contributed by atoms with E-state index in [1.807, 2.05) is 0 Å². The Morgan fingerprint density at radius 3 is 2.09 bits per heavy atom. The lowest BCUT2D eigenvalue weighted by molar-refractivity contribution is -0.122. The van der Waals surface area contributed by atoms with Gasteiger partial charge in [-0.3, -0.25) is 9.59 Å². The van der Waals surface area contributed by atoms with Crippen LogP contribution in [0, 0.1) is 0 Å². The highest BCUT2D eigenvalue weighted by molar-refractivity contribution is 5.78. The minimum Gasteiger partial charge on any atom is -0.396 e. The fourth-order valence-corrected chi connectivity index (χ4v) is 1.57. The Hall–Kier alpha value is -1.22. The van der Waals surface area contributed by atoms with Crippen LogP contribution in [0.25, 0.3) is 0 Å². The number of carbonyl (C=O) groups is 2. The molecule has 0 aromatic carbocycles. The zero-order valence-electron chi connectivity index (χ0n) is 12.9. The molecule has 22 heavy (non-hydrogen) atoms. The van der Waals surface area contributed by atoms with E-state index in [2.05, 4.69) is 10.6 Å². The van der Waals surface area contributed by atoms with Gasteiger partial charge in [0.05, 0.1) is 13.2 Å². The lowest BCUT2D eigenvalue weighted by atomic mass is 10.2. The zero-order chi connectivity index (χ0) is 16.6. The van der Waals surface area contributed by atoms with Gasteiger partial charge in [-0.15, -0.1) is 0 Å². The minimum absolute atomic E-state index is 0.0470. The van der Waals surface area contributed by atoms with Gasteiger partial charge in [0.15, 0.2) is 0 Å². The summed E-state index contributed by atoms with van der Waals surface area (Å²) >= 11 is 0. The topological polar surface area (TPSA) is 128 Å². The van der Waals surface area contributed by atoms with Crippen molar-refractivity contribution in [3.05, 3.63) is 0 Å². The lowest BCUT2D eigenvalue weighted by Gasteiger charge is -2.09. The molecule has 1 unspecified atom stereocenters. The molecule has 0 aliphatic carbocycles. The number of carbonyl (C=O) groups excluding carboxylic acids is 2. The van der Waals surface area contributed by atoms with Gasteiger partial charge in [-0.05, 0) is 19.3 Å². The van der Waals surface area contributed by atoms with Gasteiger partial charge in [-0.25, -0.2) is 0 Å². The second-order valence-electron chi connectivity index (χ2n) is 4.90. The van der Waals surface area contributed by atoms with Crippen molar-refractivity contribution >= 4 is 11.8 Å². The van der Waals surface area contributed by atoms with Gasteiger partial charge in [0.25, 0.3) is 0 Å². The van der Waals surface area contributed by atoms with Gasteiger partial charge in [0, 0.05) is 39.1 Å². The summed E-state index contributed by atoms with van der Waals surface area (Å²) < 4.78 is 5.10. The van der Waals surface area contributed by atoms with Gasteiger partial charge in [-0.2, -0.15) is 0 Å². The Morgan fingerprint density at radius 1 is 0.955 bits per heavy atom. The van der Waals surface area contributed by atoms with E-state index in [4.69, 9.17) is 20.1 Å². The van der Waals surface area contributed by atoms with Crippen molar-refractivity contribution in [2.45, 2.75) is 38.2 Å². The Kier molecular flexibility index (Phi) is 13.9. The van der Waals surface area contributed by atoms with E-state index >= 15 is 0 Å². The Labute approximate surface area is 130 Å². The summed E-state index contributed by atoms with van der Waals surface area (Å²) in [7, 11) is 0. The third-order valence-electron chi connectivity index (χ3n) is 2.77. The van der Waals surface area contributed by atoms with Crippen LogP contribution in [-0.4, -0.2) is 72.8 Å². The van der Waals surface area contributed by atoms with Crippen LogP contribution in [-0.2, 0) is 14.3 Å². The summed E-state index contributed by atoms with van der Waals surface area (Å²) in [4.78, 5) is 22.8.